The van der Waals surface area contributed by atoms with E-state index in [2.05, 4.69) is 24.8 Å². The molecular weight excluding hydrogens is 390 g/mol. The summed E-state index contributed by atoms with van der Waals surface area (Å²) in [6, 6.07) is -0.0224. The van der Waals surface area contributed by atoms with Gasteiger partial charge >= 0.3 is 12.1 Å². The number of amides is 1. The Hall–Kier alpha value is -1.96. The van der Waals surface area contributed by atoms with Gasteiger partial charge < -0.3 is 9.47 Å². The number of ether oxygens (including phenoxy) is 2. The van der Waals surface area contributed by atoms with Crippen LogP contribution in [0.25, 0.3) is 0 Å². The summed E-state index contributed by atoms with van der Waals surface area (Å²) in [5.41, 5.74) is 0.317. The standard InChI is InChI=1S/C26H37NO4/c1-16-9-8-11-19(27(16)25(29)31-26(3,4)5)13-14-21-20-12-7-6-10-18(20)15-22-23(21)17(2)30-24(22)28/h15-21,23H,6-12H2,1-5H3/t16-,17-,18-,19+,20-,21+,23-/m0/s1. The fourth-order valence-corrected chi connectivity index (χ4v) is 6.05. The van der Waals surface area contributed by atoms with E-state index in [-0.39, 0.29) is 42.1 Å². The van der Waals surface area contributed by atoms with Crippen molar-refractivity contribution in [1.82, 2.24) is 4.90 Å². The highest BCUT2D eigenvalue weighted by atomic mass is 16.6. The average Bonchev–Trinajstić information content (AvgIpc) is 2.97. The maximum atomic E-state index is 13.0. The van der Waals surface area contributed by atoms with Gasteiger partial charge in [0.05, 0.1) is 6.04 Å². The first-order valence-electron chi connectivity index (χ1n) is 12.1. The van der Waals surface area contributed by atoms with E-state index in [0.717, 1.165) is 37.7 Å². The lowest BCUT2D eigenvalue weighted by molar-refractivity contribution is -0.138. The highest BCUT2D eigenvalue weighted by Gasteiger charge is 2.49. The Labute approximate surface area is 186 Å². The molecule has 1 amide bonds. The van der Waals surface area contributed by atoms with Gasteiger partial charge in [-0.25, -0.2) is 9.59 Å². The average molecular weight is 428 g/mol. The van der Waals surface area contributed by atoms with Gasteiger partial charge in [0, 0.05) is 23.5 Å². The second-order valence-electron chi connectivity index (χ2n) is 10.9. The van der Waals surface area contributed by atoms with Crippen LogP contribution < -0.4 is 0 Å². The summed E-state index contributed by atoms with van der Waals surface area (Å²) in [4.78, 5) is 27.3. The van der Waals surface area contributed by atoms with Gasteiger partial charge in [-0.15, -0.1) is 0 Å². The number of hydrogen-bond acceptors (Lipinski definition) is 4. The smallest absolute Gasteiger partial charge is 0.411 e. The minimum absolute atomic E-state index is 0.0512. The minimum Gasteiger partial charge on any atom is -0.459 e. The third-order valence-electron chi connectivity index (χ3n) is 7.44. The Kier molecular flexibility index (Phi) is 6.12. The van der Waals surface area contributed by atoms with Crippen molar-refractivity contribution in [3.8, 4) is 11.8 Å². The zero-order valence-corrected chi connectivity index (χ0v) is 19.6. The third-order valence-corrected chi connectivity index (χ3v) is 7.44. The van der Waals surface area contributed by atoms with E-state index in [9.17, 15) is 9.59 Å². The number of carbonyl (C=O) groups is 2. The number of hydrogen-bond donors (Lipinski definition) is 0. The molecule has 31 heavy (non-hydrogen) atoms. The number of likely N-dealkylation sites (tertiary alicyclic amines) is 1. The molecule has 5 nitrogen and oxygen atoms in total. The van der Waals surface area contributed by atoms with Crippen LogP contribution in [0.4, 0.5) is 4.79 Å². The number of rotatable bonds is 0. The molecule has 7 atom stereocenters. The van der Waals surface area contributed by atoms with Crippen molar-refractivity contribution in [1.29, 1.82) is 0 Å². The largest absolute Gasteiger partial charge is 0.459 e. The fourth-order valence-electron chi connectivity index (χ4n) is 6.05. The van der Waals surface area contributed by atoms with Crippen molar-refractivity contribution >= 4 is 12.1 Å². The number of fused-ring (bicyclic) bond motifs is 2. The Bertz CT molecular complexity index is 813. The molecule has 170 valence electrons. The second kappa shape index (κ2) is 8.52. The van der Waals surface area contributed by atoms with E-state index in [0.29, 0.717) is 11.8 Å². The first kappa shape index (κ1) is 22.2. The molecule has 1 saturated carbocycles. The Balaban J connectivity index is 1.62. The maximum Gasteiger partial charge on any atom is 0.411 e. The SMILES string of the molecule is C[C@@H]1OC(=O)C2=C[C@@H]3CCCC[C@@H]3[C@@H](C#C[C@H]3CCC[C@H](C)N3C(=O)OC(C)(C)C)[C@@H]21. The third kappa shape index (κ3) is 4.49. The topological polar surface area (TPSA) is 55.8 Å². The number of esters is 1. The van der Waals surface area contributed by atoms with Gasteiger partial charge in [0.25, 0.3) is 0 Å². The van der Waals surface area contributed by atoms with E-state index in [1.165, 1.54) is 12.8 Å². The van der Waals surface area contributed by atoms with Crippen LogP contribution in [-0.4, -0.2) is 40.8 Å². The van der Waals surface area contributed by atoms with Crippen molar-refractivity contribution in [2.24, 2.45) is 23.7 Å². The van der Waals surface area contributed by atoms with E-state index in [4.69, 9.17) is 9.47 Å². The monoisotopic (exact) mass is 427 g/mol. The van der Waals surface area contributed by atoms with Gasteiger partial charge in [0.1, 0.15) is 11.7 Å². The van der Waals surface area contributed by atoms with Crippen molar-refractivity contribution < 1.29 is 19.1 Å². The summed E-state index contributed by atoms with van der Waals surface area (Å²) >= 11 is 0. The van der Waals surface area contributed by atoms with E-state index >= 15 is 0 Å². The number of piperidine rings is 1. The predicted octanol–water partition coefficient (Wildman–Crippen LogP) is 5.09. The van der Waals surface area contributed by atoms with E-state index < -0.39 is 5.60 Å². The van der Waals surface area contributed by atoms with Gasteiger partial charge in [-0.05, 0) is 78.6 Å². The van der Waals surface area contributed by atoms with Gasteiger partial charge in [-0.2, -0.15) is 0 Å². The van der Waals surface area contributed by atoms with Crippen LogP contribution in [0.2, 0.25) is 0 Å². The maximum absolute atomic E-state index is 13.0. The molecule has 0 spiro atoms. The molecule has 0 aromatic carbocycles. The molecular formula is C26H37NO4. The van der Waals surface area contributed by atoms with Crippen LogP contribution in [-0.2, 0) is 14.3 Å². The summed E-state index contributed by atoms with van der Waals surface area (Å²) in [6.07, 6.45) is 9.43. The van der Waals surface area contributed by atoms with Crippen LogP contribution in [0.15, 0.2) is 11.6 Å². The molecule has 2 aliphatic heterocycles. The Morgan fingerprint density at radius 2 is 1.84 bits per heavy atom. The molecule has 5 heteroatoms. The highest BCUT2D eigenvalue weighted by Crippen LogP contribution is 2.49. The summed E-state index contributed by atoms with van der Waals surface area (Å²) in [5.74, 6) is 8.01. The molecule has 4 aliphatic rings. The van der Waals surface area contributed by atoms with E-state index in [1.807, 2.05) is 32.6 Å². The first-order chi connectivity index (χ1) is 14.7. The molecule has 0 aromatic heterocycles. The Morgan fingerprint density at radius 1 is 1.10 bits per heavy atom. The predicted molar refractivity (Wildman–Crippen MR) is 119 cm³/mol. The second-order valence-corrected chi connectivity index (χ2v) is 10.9. The van der Waals surface area contributed by atoms with Gasteiger partial charge in [-0.3, -0.25) is 4.90 Å². The lowest BCUT2D eigenvalue weighted by Gasteiger charge is -2.41. The normalized spacial score (nSPS) is 37.6. The van der Waals surface area contributed by atoms with Crippen molar-refractivity contribution in [2.75, 3.05) is 0 Å². The number of cyclic esters (lactones) is 1. The molecule has 2 saturated heterocycles. The van der Waals surface area contributed by atoms with Gasteiger partial charge in [-0.1, -0.05) is 30.8 Å². The van der Waals surface area contributed by atoms with Crippen LogP contribution in [0.3, 0.4) is 0 Å². The van der Waals surface area contributed by atoms with Gasteiger partial charge in [0.2, 0.25) is 0 Å². The fraction of sp³-hybridized carbons (Fsp3) is 0.769. The van der Waals surface area contributed by atoms with Crippen LogP contribution in [0.1, 0.15) is 79.6 Å². The molecule has 3 fully saturated rings. The summed E-state index contributed by atoms with van der Waals surface area (Å²) in [5, 5.41) is 0. The molecule has 0 unspecified atom stereocenters. The van der Waals surface area contributed by atoms with Gasteiger partial charge in [0.15, 0.2) is 0 Å². The zero-order chi connectivity index (χ0) is 22.3. The number of allylic oxidation sites excluding steroid dienone is 1. The molecule has 0 aromatic rings. The quantitative estimate of drug-likeness (QED) is 0.399. The molecule has 0 bridgehead atoms. The van der Waals surface area contributed by atoms with Crippen LogP contribution in [0.5, 0.6) is 0 Å². The van der Waals surface area contributed by atoms with Crippen LogP contribution >= 0.6 is 0 Å². The molecule has 0 N–H and O–H groups in total. The molecule has 4 rings (SSSR count). The summed E-state index contributed by atoms with van der Waals surface area (Å²) in [7, 11) is 0. The molecule has 0 radical (unpaired) electrons. The lowest BCUT2D eigenvalue weighted by atomic mass is 9.62. The number of nitrogens with zero attached hydrogens (tertiary/aromatic N) is 1. The lowest BCUT2D eigenvalue weighted by Crippen LogP contribution is -2.50. The molecule has 2 aliphatic carbocycles. The van der Waals surface area contributed by atoms with Crippen LogP contribution in [0, 0.1) is 35.5 Å². The zero-order valence-electron chi connectivity index (χ0n) is 19.6. The van der Waals surface area contributed by atoms with Crippen molar-refractivity contribution in [3.05, 3.63) is 11.6 Å². The van der Waals surface area contributed by atoms with Crippen molar-refractivity contribution in [2.45, 2.75) is 103 Å². The number of carbonyl (C=O) groups excluding carboxylic acids is 2. The van der Waals surface area contributed by atoms with E-state index in [1.54, 1.807) is 0 Å². The summed E-state index contributed by atoms with van der Waals surface area (Å²) in [6.45, 7) is 9.78. The van der Waals surface area contributed by atoms with Crippen molar-refractivity contribution in [3.63, 3.8) is 0 Å². The molecule has 2 heterocycles. The highest BCUT2D eigenvalue weighted by molar-refractivity contribution is 5.92. The first-order valence-corrected chi connectivity index (χ1v) is 12.1. The minimum atomic E-state index is -0.526. The Morgan fingerprint density at radius 3 is 2.58 bits per heavy atom. The summed E-state index contributed by atoms with van der Waals surface area (Å²) < 4.78 is 11.3.